The molecule has 11 heteroatoms. The van der Waals surface area contributed by atoms with E-state index < -0.39 is 42.3 Å². The topological polar surface area (TPSA) is 102 Å². The molecule has 0 fully saturated rings. The second-order valence-corrected chi connectivity index (χ2v) is 7.39. The summed E-state index contributed by atoms with van der Waals surface area (Å²) in [4.78, 5) is 27.0. The summed E-state index contributed by atoms with van der Waals surface area (Å²) in [5.74, 6) is -3.62. The molecule has 4 rings (SSSR count). The molecule has 2 atom stereocenters. The van der Waals surface area contributed by atoms with Crippen LogP contribution in [0.4, 0.5) is 23.2 Å². The van der Waals surface area contributed by atoms with Crippen LogP contribution in [0, 0.1) is 17.1 Å². The largest absolute Gasteiger partial charge is 0.406 e. The maximum absolute atomic E-state index is 13.7. The van der Waals surface area contributed by atoms with E-state index in [1.54, 1.807) is 12.1 Å². The molecular formula is C22H15F4N5O2. The highest BCUT2D eigenvalue weighted by molar-refractivity contribution is 6.04. The van der Waals surface area contributed by atoms with Gasteiger partial charge in [-0.3, -0.25) is 14.7 Å². The molecule has 0 saturated heterocycles. The molecule has 168 valence electrons. The van der Waals surface area contributed by atoms with E-state index in [1.165, 1.54) is 36.7 Å². The van der Waals surface area contributed by atoms with Crippen molar-refractivity contribution in [2.24, 2.45) is 0 Å². The number of nitrogens with one attached hydrogen (secondary N) is 2. The van der Waals surface area contributed by atoms with E-state index in [9.17, 15) is 27.2 Å². The number of alkyl halides is 3. The highest BCUT2D eigenvalue weighted by atomic mass is 19.4. The molecule has 2 N–H and O–H groups in total. The molecule has 1 aliphatic heterocycles. The Hall–Kier alpha value is -4.20. The molecule has 0 bridgehead atoms. The Morgan fingerprint density at radius 3 is 2.67 bits per heavy atom. The van der Waals surface area contributed by atoms with Gasteiger partial charge in [0.1, 0.15) is 18.4 Å². The maximum Gasteiger partial charge on any atom is 0.406 e. The predicted octanol–water partition coefficient (Wildman–Crippen LogP) is 3.90. The van der Waals surface area contributed by atoms with Gasteiger partial charge in [0.15, 0.2) is 0 Å². The first kappa shape index (κ1) is 22.0. The van der Waals surface area contributed by atoms with Crippen molar-refractivity contribution in [2.75, 3.05) is 11.9 Å². The minimum atomic E-state index is -4.72. The van der Waals surface area contributed by atoms with Gasteiger partial charge >= 0.3 is 6.18 Å². The Bertz CT molecular complexity index is 1250. The first-order chi connectivity index (χ1) is 15.7. The van der Waals surface area contributed by atoms with Crippen LogP contribution in [0.25, 0.3) is 0 Å². The number of nitriles is 1. The number of hydrogen-bond donors (Lipinski definition) is 2. The average molecular weight is 457 g/mol. The Morgan fingerprint density at radius 1 is 1.24 bits per heavy atom. The Balaban J connectivity index is 1.82. The number of amides is 2. The zero-order valence-electron chi connectivity index (χ0n) is 16.7. The van der Waals surface area contributed by atoms with Crippen LogP contribution in [0.15, 0.2) is 54.9 Å². The van der Waals surface area contributed by atoms with Crippen molar-refractivity contribution in [1.82, 2.24) is 15.1 Å². The molecule has 1 aliphatic rings. The maximum atomic E-state index is 13.7. The van der Waals surface area contributed by atoms with Crippen molar-refractivity contribution in [3.8, 4) is 6.07 Å². The smallest absolute Gasteiger partial charge is 0.325 e. The standard InChI is InChI=1S/C22H15F4N5O2/c23-17-6-5-14(7-12(17)8-27)30-20(32)18-15-3-1-2-4-16(15)21(33)31(11-22(24,25)26)19(18)13-9-28-29-10-13/h1-7,9-10,18-19H,11H2,(H,28,29)(H,30,32)/t18-,19+/m1/s1. The molecule has 7 nitrogen and oxygen atoms in total. The third-order valence-corrected chi connectivity index (χ3v) is 5.29. The zero-order valence-corrected chi connectivity index (χ0v) is 16.7. The number of carbonyl (C=O) groups is 2. The number of fused-ring (bicyclic) bond motifs is 1. The molecular weight excluding hydrogens is 442 g/mol. The van der Waals surface area contributed by atoms with Crippen LogP contribution in [0.2, 0.25) is 0 Å². The summed E-state index contributed by atoms with van der Waals surface area (Å²) in [5, 5.41) is 17.8. The van der Waals surface area contributed by atoms with Crippen molar-refractivity contribution in [3.05, 3.63) is 82.9 Å². The number of aromatic nitrogens is 2. The third kappa shape index (κ3) is 4.27. The first-order valence-corrected chi connectivity index (χ1v) is 9.65. The Morgan fingerprint density at radius 2 is 2.00 bits per heavy atom. The second-order valence-electron chi connectivity index (χ2n) is 7.39. The van der Waals surface area contributed by atoms with Crippen LogP contribution < -0.4 is 5.32 Å². The lowest BCUT2D eigenvalue weighted by atomic mass is 9.79. The van der Waals surface area contributed by atoms with E-state index >= 15 is 0 Å². The zero-order chi connectivity index (χ0) is 23.8. The Labute approximate surface area is 184 Å². The Kier molecular flexibility index (Phi) is 5.59. The quantitative estimate of drug-likeness (QED) is 0.580. The van der Waals surface area contributed by atoms with Gasteiger partial charge in [0.25, 0.3) is 5.91 Å². The third-order valence-electron chi connectivity index (χ3n) is 5.29. The summed E-state index contributed by atoms with van der Waals surface area (Å²) >= 11 is 0. The molecule has 0 spiro atoms. The molecule has 0 radical (unpaired) electrons. The lowest BCUT2D eigenvalue weighted by Gasteiger charge is -2.41. The van der Waals surface area contributed by atoms with Gasteiger partial charge in [0, 0.05) is 23.0 Å². The summed E-state index contributed by atoms with van der Waals surface area (Å²) < 4.78 is 53.9. The second kappa shape index (κ2) is 8.38. The molecule has 1 aromatic heterocycles. The fraction of sp³-hybridized carbons (Fsp3) is 0.182. The molecule has 2 heterocycles. The van der Waals surface area contributed by atoms with Crippen molar-refractivity contribution in [3.63, 3.8) is 0 Å². The summed E-state index contributed by atoms with van der Waals surface area (Å²) in [6, 6.07) is 9.61. The van der Waals surface area contributed by atoms with E-state index in [1.807, 2.05) is 0 Å². The average Bonchev–Trinajstić information content (AvgIpc) is 3.30. The van der Waals surface area contributed by atoms with Crippen LogP contribution >= 0.6 is 0 Å². The predicted molar refractivity (Wildman–Crippen MR) is 107 cm³/mol. The number of H-pyrrole nitrogens is 1. The van der Waals surface area contributed by atoms with Gasteiger partial charge < -0.3 is 10.2 Å². The van der Waals surface area contributed by atoms with Gasteiger partial charge in [-0.2, -0.15) is 23.5 Å². The summed E-state index contributed by atoms with van der Waals surface area (Å²) in [6.07, 6.45) is -2.15. The number of aromatic amines is 1. The molecule has 33 heavy (non-hydrogen) atoms. The number of benzene rings is 2. The number of halogens is 4. The van der Waals surface area contributed by atoms with Gasteiger partial charge in [0.05, 0.1) is 23.7 Å². The molecule has 0 aliphatic carbocycles. The van der Waals surface area contributed by atoms with Gasteiger partial charge in [-0.1, -0.05) is 18.2 Å². The summed E-state index contributed by atoms with van der Waals surface area (Å²) in [7, 11) is 0. The van der Waals surface area contributed by atoms with Gasteiger partial charge in [0.2, 0.25) is 5.91 Å². The minimum Gasteiger partial charge on any atom is -0.325 e. The molecule has 0 saturated carbocycles. The number of nitrogens with zero attached hydrogens (tertiary/aromatic N) is 3. The van der Waals surface area contributed by atoms with Crippen LogP contribution in [-0.4, -0.2) is 39.6 Å². The molecule has 3 aromatic rings. The van der Waals surface area contributed by atoms with Crippen LogP contribution in [-0.2, 0) is 4.79 Å². The number of rotatable bonds is 4. The van der Waals surface area contributed by atoms with Crippen LogP contribution in [0.5, 0.6) is 0 Å². The number of hydrogen-bond acceptors (Lipinski definition) is 4. The lowest BCUT2D eigenvalue weighted by molar-refractivity contribution is -0.148. The fourth-order valence-electron chi connectivity index (χ4n) is 3.95. The summed E-state index contributed by atoms with van der Waals surface area (Å²) in [5.41, 5.74) is 0.197. The summed E-state index contributed by atoms with van der Waals surface area (Å²) in [6.45, 7) is -1.57. The van der Waals surface area contributed by atoms with E-state index in [4.69, 9.17) is 5.26 Å². The molecule has 2 amide bonds. The normalized spacial score (nSPS) is 17.9. The van der Waals surface area contributed by atoms with Crippen LogP contribution in [0.1, 0.15) is 39.0 Å². The van der Waals surface area contributed by atoms with E-state index in [-0.39, 0.29) is 27.9 Å². The van der Waals surface area contributed by atoms with Crippen molar-refractivity contribution >= 4 is 17.5 Å². The van der Waals surface area contributed by atoms with Crippen molar-refractivity contribution < 1.29 is 27.2 Å². The van der Waals surface area contributed by atoms with Crippen molar-refractivity contribution in [2.45, 2.75) is 18.1 Å². The SMILES string of the molecule is N#Cc1cc(NC(=O)[C@@H]2c3ccccc3C(=O)N(CC(F)(F)F)[C@H]2c2cn[nH]c2)ccc1F. The number of anilines is 1. The van der Waals surface area contributed by atoms with E-state index in [0.29, 0.717) is 4.90 Å². The first-order valence-electron chi connectivity index (χ1n) is 9.65. The van der Waals surface area contributed by atoms with Gasteiger partial charge in [-0.25, -0.2) is 4.39 Å². The van der Waals surface area contributed by atoms with E-state index in [2.05, 4.69) is 15.5 Å². The molecule has 0 unspecified atom stereocenters. The monoisotopic (exact) mass is 457 g/mol. The lowest BCUT2D eigenvalue weighted by Crippen LogP contribution is -2.49. The fourth-order valence-corrected chi connectivity index (χ4v) is 3.95. The highest BCUT2D eigenvalue weighted by Crippen LogP contribution is 2.44. The van der Waals surface area contributed by atoms with Crippen molar-refractivity contribution in [1.29, 1.82) is 5.26 Å². The minimum absolute atomic E-state index is 0.0292. The highest BCUT2D eigenvalue weighted by Gasteiger charge is 2.48. The van der Waals surface area contributed by atoms with E-state index in [0.717, 1.165) is 12.1 Å². The van der Waals surface area contributed by atoms with Gasteiger partial charge in [-0.15, -0.1) is 0 Å². The molecule has 2 aromatic carbocycles. The van der Waals surface area contributed by atoms with Crippen LogP contribution in [0.3, 0.4) is 0 Å². The number of carbonyl (C=O) groups excluding carboxylic acids is 2. The van der Waals surface area contributed by atoms with Gasteiger partial charge in [-0.05, 0) is 29.8 Å².